The van der Waals surface area contributed by atoms with Crippen LogP contribution in [0, 0.1) is 0 Å². The van der Waals surface area contributed by atoms with Crippen LogP contribution in [-0.4, -0.2) is 52.1 Å². The zero-order valence-corrected chi connectivity index (χ0v) is 17.2. The van der Waals surface area contributed by atoms with Crippen LogP contribution in [0.25, 0.3) is 11.0 Å². The van der Waals surface area contributed by atoms with Crippen molar-refractivity contribution in [2.24, 2.45) is 5.73 Å². The van der Waals surface area contributed by atoms with Crippen LogP contribution < -0.4 is 16.0 Å². The average molecular weight is 420 g/mol. The number of ether oxygens (including phenoxy) is 1. The van der Waals surface area contributed by atoms with Crippen molar-refractivity contribution in [2.45, 2.75) is 43.8 Å². The quantitative estimate of drug-likeness (QED) is 0.541. The Bertz CT molecular complexity index is 1130. The Balaban J connectivity index is 1.37. The summed E-state index contributed by atoms with van der Waals surface area (Å²) in [6.07, 6.45) is 8.92. The first kappa shape index (κ1) is 19.3. The lowest BCUT2D eigenvalue weighted by Crippen LogP contribution is -2.47. The molecule has 0 radical (unpaired) electrons. The maximum absolute atomic E-state index is 12.0. The number of esters is 1. The van der Waals surface area contributed by atoms with Gasteiger partial charge in [0.05, 0.1) is 23.9 Å². The summed E-state index contributed by atoms with van der Waals surface area (Å²) < 4.78 is 4.76. The molecule has 0 saturated carbocycles. The number of hydrogen-bond acceptors (Lipinski definition) is 7. The first-order valence-electron chi connectivity index (χ1n) is 10.4. The standard InChI is InChI=1S/C22H24N6O3/c1-31-22(30)12-2-5-18(25-10-12)28-14-3-4-15(28)9-13(8-14)27-19-16-6-7-24-21(16)26-11-17(19)20(23)29/h2,5-7,10-11,13-15H,3-4,8-9H2,1H3,(H2,23,29)(H2,24,26,27)/t13?,14-,15+. The number of carbonyl (C=O) groups is 2. The molecule has 2 bridgehead atoms. The van der Waals surface area contributed by atoms with E-state index in [9.17, 15) is 9.59 Å². The van der Waals surface area contributed by atoms with Gasteiger partial charge < -0.3 is 25.7 Å². The molecule has 9 heteroatoms. The van der Waals surface area contributed by atoms with Crippen LogP contribution in [0.3, 0.4) is 0 Å². The Morgan fingerprint density at radius 3 is 2.58 bits per heavy atom. The number of primary amides is 1. The molecule has 5 heterocycles. The van der Waals surface area contributed by atoms with Gasteiger partial charge in [0.2, 0.25) is 0 Å². The van der Waals surface area contributed by atoms with Crippen LogP contribution in [0.15, 0.2) is 36.8 Å². The van der Waals surface area contributed by atoms with Gasteiger partial charge in [-0.25, -0.2) is 14.8 Å². The summed E-state index contributed by atoms with van der Waals surface area (Å²) >= 11 is 0. The molecule has 5 rings (SSSR count). The molecular formula is C22H24N6O3. The molecule has 3 atom stereocenters. The third-order valence-corrected chi connectivity index (χ3v) is 6.37. The van der Waals surface area contributed by atoms with Gasteiger partial charge in [-0.05, 0) is 43.9 Å². The van der Waals surface area contributed by atoms with Crippen LogP contribution in [0.1, 0.15) is 46.4 Å². The molecule has 1 amide bonds. The smallest absolute Gasteiger partial charge is 0.339 e. The Hall–Kier alpha value is -3.62. The Morgan fingerprint density at radius 2 is 1.94 bits per heavy atom. The minimum absolute atomic E-state index is 0.210. The minimum atomic E-state index is -0.492. The van der Waals surface area contributed by atoms with Gasteiger partial charge in [-0.15, -0.1) is 0 Å². The Morgan fingerprint density at radius 1 is 1.16 bits per heavy atom. The van der Waals surface area contributed by atoms with Crippen molar-refractivity contribution >= 4 is 34.4 Å². The zero-order valence-electron chi connectivity index (χ0n) is 17.2. The van der Waals surface area contributed by atoms with E-state index < -0.39 is 5.91 Å². The van der Waals surface area contributed by atoms with Crippen LogP contribution in [0.2, 0.25) is 0 Å². The van der Waals surface area contributed by atoms with E-state index in [2.05, 4.69) is 25.2 Å². The summed E-state index contributed by atoms with van der Waals surface area (Å²) in [6.45, 7) is 0. The molecule has 3 aromatic heterocycles. The molecule has 9 nitrogen and oxygen atoms in total. The third kappa shape index (κ3) is 3.35. The summed E-state index contributed by atoms with van der Waals surface area (Å²) in [7, 11) is 1.36. The van der Waals surface area contributed by atoms with Crippen molar-refractivity contribution in [1.82, 2.24) is 15.0 Å². The van der Waals surface area contributed by atoms with Gasteiger partial charge >= 0.3 is 5.97 Å². The first-order valence-corrected chi connectivity index (χ1v) is 10.4. The molecule has 3 aromatic rings. The number of nitrogens with two attached hydrogens (primary N) is 1. The third-order valence-electron chi connectivity index (χ3n) is 6.37. The summed E-state index contributed by atoms with van der Waals surface area (Å²) in [5, 5.41) is 4.46. The molecule has 2 saturated heterocycles. The normalized spacial score (nSPS) is 22.5. The molecule has 4 N–H and O–H groups in total. The average Bonchev–Trinajstić information content (AvgIpc) is 3.36. The van der Waals surface area contributed by atoms with Crippen LogP contribution in [0.5, 0.6) is 0 Å². The van der Waals surface area contributed by atoms with Crippen molar-refractivity contribution in [1.29, 1.82) is 0 Å². The summed E-state index contributed by atoms with van der Waals surface area (Å²) in [5.41, 5.74) is 7.93. The fourth-order valence-electron chi connectivity index (χ4n) is 5.00. The molecule has 2 aliphatic rings. The largest absolute Gasteiger partial charge is 0.465 e. The molecule has 2 aliphatic heterocycles. The van der Waals surface area contributed by atoms with E-state index in [-0.39, 0.29) is 12.0 Å². The molecule has 0 aromatic carbocycles. The van der Waals surface area contributed by atoms with Crippen LogP contribution in [-0.2, 0) is 4.74 Å². The number of fused-ring (bicyclic) bond motifs is 3. The van der Waals surface area contributed by atoms with Crippen LogP contribution >= 0.6 is 0 Å². The fourth-order valence-corrected chi connectivity index (χ4v) is 5.00. The highest BCUT2D eigenvalue weighted by Crippen LogP contribution is 2.40. The lowest BCUT2D eigenvalue weighted by molar-refractivity contribution is 0.0600. The molecule has 1 unspecified atom stereocenters. The fraction of sp³-hybridized carbons (Fsp3) is 0.364. The van der Waals surface area contributed by atoms with Gasteiger partial charge in [-0.1, -0.05) is 0 Å². The lowest BCUT2D eigenvalue weighted by Gasteiger charge is -2.40. The van der Waals surface area contributed by atoms with Gasteiger partial charge in [0.15, 0.2) is 0 Å². The predicted molar refractivity (Wildman–Crippen MR) is 116 cm³/mol. The van der Waals surface area contributed by atoms with E-state index in [0.29, 0.717) is 23.2 Å². The van der Waals surface area contributed by atoms with E-state index in [4.69, 9.17) is 10.5 Å². The zero-order chi connectivity index (χ0) is 21.5. The number of rotatable bonds is 5. The lowest BCUT2D eigenvalue weighted by atomic mass is 9.96. The molecule has 0 spiro atoms. The number of piperidine rings is 1. The predicted octanol–water partition coefficient (Wildman–Crippen LogP) is 2.46. The van der Waals surface area contributed by atoms with Gasteiger partial charge in [0, 0.05) is 42.1 Å². The molecule has 0 aliphatic carbocycles. The number of anilines is 2. The number of carbonyl (C=O) groups excluding carboxylic acids is 2. The second-order valence-corrected chi connectivity index (χ2v) is 8.15. The number of pyridine rings is 2. The number of nitrogens with zero attached hydrogens (tertiary/aromatic N) is 3. The highest BCUT2D eigenvalue weighted by atomic mass is 16.5. The topological polar surface area (TPSA) is 126 Å². The molecule has 160 valence electrons. The highest BCUT2D eigenvalue weighted by Gasteiger charge is 2.41. The molecule has 31 heavy (non-hydrogen) atoms. The number of amides is 1. The van der Waals surface area contributed by atoms with E-state index in [1.165, 1.54) is 13.3 Å². The van der Waals surface area contributed by atoms with Crippen molar-refractivity contribution in [3.8, 4) is 0 Å². The SMILES string of the molecule is COC(=O)c1ccc(N2[C@@H]3CC[C@H]2CC(Nc2c(C(N)=O)cnc4[nH]ccc24)C3)nc1. The second kappa shape index (κ2) is 7.57. The Kier molecular flexibility index (Phi) is 4.72. The molecule has 2 fully saturated rings. The summed E-state index contributed by atoms with van der Waals surface area (Å²) in [6, 6.07) is 6.45. The van der Waals surface area contributed by atoms with Gasteiger partial charge in [-0.2, -0.15) is 0 Å². The van der Waals surface area contributed by atoms with Gasteiger partial charge in [0.1, 0.15) is 11.5 Å². The highest BCUT2D eigenvalue weighted by molar-refractivity contribution is 6.06. The number of H-pyrrole nitrogens is 1. The van der Waals surface area contributed by atoms with Crippen molar-refractivity contribution in [2.75, 3.05) is 17.3 Å². The second-order valence-electron chi connectivity index (χ2n) is 8.15. The number of hydrogen-bond donors (Lipinski definition) is 3. The minimum Gasteiger partial charge on any atom is -0.465 e. The number of nitrogens with one attached hydrogen (secondary N) is 2. The van der Waals surface area contributed by atoms with Crippen molar-refractivity contribution in [3.63, 3.8) is 0 Å². The van der Waals surface area contributed by atoms with Crippen molar-refractivity contribution in [3.05, 3.63) is 47.9 Å². The number of aromatic nitrogens is 3. The number of aromatic amines is 1. The van der Waals surface area contributed by atoms with E-state index in [0.717, 1.165) is 48.2 Å². The number of methoxy groups -OCH3 is 1. The summed E-state index contributed by atoms with van der Waals surface area (Å²) in [4.78, 5) is 37.9. The first-order chi connectivity index (χ1) is 15.0. The summed E-state index contributed by atoms with van der Waals surface area (Å²) in [5.74, 6) is 0.00498. The van der Waals surface area contributed by atoms with E-state index >= 15 is 0 Å². The monoisotopic (exact) mass is 420 g/mol. The van der Waals surface area contributed by atoms with Crippen molar-refractivity contribution < 1.29 is 14.3 Å². The van der Waals surface area contributed by atoms with Gasteiger partial charge in [-0.3, -0.25) is 4.79 Å². The Labute approximate surface area is 179 Å². The van der Waals surface area contributed by atoms with E-state index in [1.807, 2.05) is 18.3 Å². The van der Waals surface area contributed by atoms with Gasteiger partial charge in [0.25, 0.3) is 5.91 Å². The maximum atomic E-state index is 12.0. The van der Waals surface area contributed by atoms with Crippen LogP contribution in [0.4, 0.5) is 11.5 Å². The molecular weight excluding hydrogens is 396 g/mol. The van der Waals surface area contributed by atoms with E-state index in [1.54, 1.807) is 12.3 Å². The maximum Gasteiger partial charge on any atom is 0.339 e.